The second kappa shape index (κ2) is 9.16. The predicted molar refractivity (Wildman–Crippen MR) is 104 cm³/mol. The molecule has 0 bridgehead atoms. The molecular formula is C21H24N2O4. The van der Waals surface area contributed by atoms with E-state index in [-0.39, 0.29) is 11.6 Å². The third-order valence-corrected chi connectivity index (χ3v) is 4.97. The van der Waals surface area contributed by atoms with Crippen LogP contribution in [0.5, 0.6) is 5.75 Å². The molecule has 1 amide bonds. The smallest absolute Gasteiger partial charge is 0.269 e. The number of carbonyl (C=O) groups is 1. The minimum absolute atomic E-state index is 0.0405. The van der Waals surface area contributed by atoms with Crippen LogP contribution in [-0.4, -0.2) is 17.4 Å². The number of hydrogen-bond donors (Lipinski definition) is 1. The van der Waals surface area contributed by atoms with Crippen molar-refractivity contribution in [3.8, 4) is 5.75 Å². The van der Waals surface area contributed by atoms with Gasteiger partial charge in [0, 0.05) is 23.4 Å². The van der Waals surface area contributed by atoms with E-state index in [9.17, 15) is 14.9 Å². The lowest BCUT2D eigenvalue weighted by Crippen LogP contribution is -2.12. The van der Waals surface area contributed by atoms with Crippen molar-refractivity contribution in [2.24, 2.45) is 5.92 Å². The van der Waals surface area contributed by atoms with E-state index in [4.69, 9.17) is 4.74 Å². The quantitative estimate of drug-likeness (QED) is 0.538. The molecule has 3 rings (SSSR count). The van der Waals surface area contributed by atoms with Gasteiger partial charge in [0.15, 0.2) is 0 Å². The zero-order valence-corrected chi connectivity index (χ0v) is 15.2. The molecule has 0 spiro atoms. The molecule has 27 heavy (non-hydrogen) atoms. The lowest BCUT2D eigenvalue weighted by atomic mass is 9.87. The lowest BCUT2D eigenvalue weighted by Gasteiger charge is -2.21. The van der Waals surface area contributed by atoms with Crippen LogP contribution in [0, 0.1) is 16.0 Å². The molecule has 142 valence electrons. The summed E-state index contributed by atoms with van der Waals surface area (Å²) in [7, 11) is 0. The number of hydrogen-bond acceptors (Lipinski definition) is 4. The van der Waals surface area contributed by atoms with Crippen LogP contribution < -0.4 is 10.1 Å². The van der Waals surface area contributed by atoms with Gasteiger partial charge < -0.3 is 10.1 Å². The topological polar surface area (TPSA) is 81.5 Å². The molecule has 0 aromatic heterocycles. The van der Waals surface area contributed by atoms with Gasteiger partial charge in [0.1, 0.15) is 5.75 Å². The van der Waals surface area contributed by atoms with Gasteiger partial charge in [-0.25, -0.2) is 0 Å². The van der Waals surface area contributed by atoms with Crippen LogP contribution in [0.4, 0.5) is 11.4 Å². The van der Waals surface area contributed by atoms with E-state index in [1.54, 1.807) is 12.1 Å². The van der Waals surface area contributed by atoms with Crippen LogP contribution in [0.15, 0.2) is 48.5 Å². The highest BCUT2D eigenvalue weighted by Crippen LogP contribution is 2.26. The van der Waals surface area contributed by atoms with Crippen molar-refractivity contribution >= 4 is 17.3 Å². The third kappa shape index (κ3) is 5.54. The summed E-state index contributed by atoms with van der Waals surface area (Å²) in [5.41, 5.74) is 0.979. The molecule has 0 atom stereocenters. The molecule has 6 heteroatoms. The molecule has 1 saturated carbocycles. The minimum Gasteiger partial charge on any atom is -0.494 e. The van der Waals surface area contributed by atoms with E-state index < -0.39 is 4.92 Å². The van der Waals surface area contributed by atoms with Crippen LogP contribution in [-0.2, 0) is 0 Å². The fourth-order valence-electron chi connectivity index (χ4n) is 3.39. The molecule has 1 fully saturated rings. The number of nitrogens with one attached hydrogen (secondary N) is 1. The van der Waals surface area contributed by atoms with Gasteiger partial charge in [-0.15, -0.1) is 0 Å². The molecule has 1 aliphatic rings. The summed E-state index contributed by atoms with van der Waals surface area (Å²) in [5, 5.41) is 13.4. The Morgan fingerprint density at radius 2 is 1.70 bits per heavy atom. The van der Waals surface area contributed by atoms with Gasteiger partial charge >= 0.3 is 0 Å². The Kier molecular flexibility index (Phi) is 6.41. The summed E-state index contributed by atoms with van der Waals surface area (Å²) in [6.07, 6.45) is 7.78. The van der Waals surface area contributed by atoms with Crippen molar-refractivity contribution < 1.29 is 14.5 Å². The number of ether oxygens (including phenoxy) is 1. The standard InChI is InChI=1S/C21H24N2O4/c24-21(17-6-10-19(11-7-17)23(25)26)22-18-8-12-20(13-9-18)27-15-14-16-4-2-1-3-5-16/h6-13,16H,1-5,14-15H2,(H,22,24). The Labute approximate surface area is 158 Å². The first-order chi connectivity index (χ1) is 13.1. The SMILES string of the molecule is O=C(Nc1ccc(OCCC2CCCCC2)cc1)c1ccc([N+](=O)[O-])cc1. The fourth-order valence-corrected chi connectivity index (χ4v) is 3.39. The van der Waals surface area contributed by atoms with Crippen molar-refractivity contribution in [2.75, 3.05) is 11.9 Å². The maximum absolute atomic E-state index is 12.2. The van der Waals surface area contributed by atoms with Gasteiger partial charge in [-0.2, -0.15) is 0 Å². The Morgan fingerprint density at radius 3 is 2.33 bits per heavy atom. The number of anilines is 1. The van der Waals surface area contributed by atoms with Crippen LogP contribution in [0.1, 0.15) is 48.9 Å². The highest BCUT2D eigenvalue weighted by atomic mass is 16.6. The molecule has 6 nitrogen and oxygen atoms in total. The molecule has 2 aromatic rings. The van der Waals surface area contributed by atoms with Crippen LogP contribution in [0.3, 0.4) is 0 Å². The molecule has 2 aromatic carbocycles. The summed E-state index contributed by atoms with van der Waals surface area (Å²) in [4.78, 5) is 22.4. The Hall–Kier alpha value is -2.89. The normalized spacial score (nSPS) is 14.5. The summed E-state index contributed by atoms with van der Waals surface area (Å²) >= 11 is 0. The van der Waals surface area contributed by atoms with Gasteiger partial charge in [0.05, 0.1) is 11.5 Å². The number of rotatable bonds is 7. The summed E-state index contributed by atoms with van der Waals surface area (Å²) in [6, 6.07) is 12.8. The van der Waals surface area contributed by atoms with E-state index in [0.29, 0.717) is 11.3 Å². The fraction of sp³-hybridized carbons (Fsp3) is 0.381. The zero-order valence-electron chi connectivity index (χ0n) is 15.2. The van der Waals surface area contributed by atoms with E-state index in [0.717, 1.165) is 24.7 Å². The lowest BCUT2D eigenvalue weighted by molar-refractivity contribution is -0.384. The number of benzene rings is 2. The van der Waals surface area contributed by atoms with Gasteiger partial charge in [-0.1, -0.05) is 32.1 Å². The number of non-ortho nitro benzene ring substituents is 1. The van der Waals surface area contributed by atoms with Crippen molar-refractivity contribution in [1.82, 2.24) is 0 Å². The zero-order chi connectivity index (χ0) is 19.1. The average Bonchev–Trinajstić information content (AvgIpc) is 2.70. The summed E-state index contributed by atoms with van der Waals surface area (Å²) in [5.74, 6) is 1.27. The van der Waals surface area contributed by atoms with Crippen molar-refractivity contribution in [3.05, 3.63) is 64.2 Å². The maximum Gasteiger partial charge on any atom is 0.269 e. The van der Waals surface area contributed by atoms with Crippen molar-refractivity contribution in [2.45, 2.75) is 38.5 Å². The Bertz CT molecular complexity index is 766. The number of nitro benzene ring substituents is 1. The number of nitrogens with zero attached hydrogens (tertiary/aromatic N) is 1. The molecule has 0 saturated heterocycles. The maximum atomic E-state index is 12.2. The van der Waals surface area contributed by atoms with E-state index in [1.165, 1.54) is 56.4 Å². The largest absolute Gasteiger partial charge is 0.494 e. The first-order valence-electron chi connectivity index (χ1n) is 9.40. The molecule has 0 aliphatic heterocycles. The first kappa shape index (κ1) is 18.9. The average molecular weight is 368 g/mol. The van der Waals surface area contributed by atoms with Gasteiger partial charge in [-0.3, -0.25) is 14.9 Å². The van der Waals surface area contributed by atoms with Crippen LogP contribution in [0.25, 0.3) is 0 Å². The van der Waals surface area contributed by atoms with E-state index in [1.807, 2.05) is 12.1 Å². The number of nitro groups is 1. The highest BCUT2D eigenvalue weighted by molar-refractivity contribution is 6.04. The predicted octanol–water partition coefficient (Wildman–Crippen LogP) is 5.20. The van der Waals surface area contributed by atoms with Crippen molar-refractivity contribution in [3.63, 3.8) is 0 Å². The van der Waals surface area contributed by atoms with Gasteiger partial charge in [0.25, 0.3) is 11.6 Å². The van der Waals surface area contributed by atoms with Crippen LogP contribution in [0.2, 0.25) is 0 Å². The van der Waals surface area contributed by atoms with Crippen LogP contribution >= 0.6 is 0 Å². The molecular weight excluding hydrogens is 344 g/mol. The Morgan fingerprint density at radius 1 is 1.04 bits per heavy atom. The van der Waals surface area contributed by atoms with Crippen molar-refractivity contribution in [1.29, 1.82) is 0 Å². The monoisotopic (exact) mass is 368 g/mol. The molecule has 0 radical (unpaired) electrons. The number of amides is 1. The van der Waals surface area contributed by atoms with E-state index >= 15 is 0 Å². The summed E-state index contributed by atoms with van der Waals surface area (Å²) < 4.78 is 5.81. The van der Waals surface area contributed by atoms with Gasteiger partial charge in [0.2, 0.25) is 0 Å². The highest BCUT2D eigenvalue weighted by Gasteiger charge is 2.13. The molecule has 0 unspecified atom stereocenters. The summed E-state index contributed by atoms with van der Waals surface area (Å²) in [6.45, 7) is 0.721. The minimum atomic E-state index is -0.491. The molecule has 1 aliphatic carbocycles. The Balaban J connectivity index is 1.47. The van der Waals surface area contributed by atoms with Gasteiger partial charge in [-0.05, 0) is 48.7 Å². The third-order valence-electron chi connectivity index (χ3n) is 4.97. The number of carbonyl (C=O) groups excluding carboxylic acids is 1. The van der Waals surface area contributed by atoms with E-state index in [2.05, 4.69) is 5.32 Å². The second-order valence-corrected chi connectivity index (χ2v) is 6.92. The molecule has 1 N–H and O–H groups in total. The first-order valence-corrected chi connectivity index (χ1v) is 9.40. The second-order valence-electron chi connectivity index (χ2n) is 6.92. The molecule has 0 heterocycles.